The Morgan fingerprint density at radius 2 is 2.19 bits per heavy atom. The Hall–Kier alpha value is -1.95. The number of hydrogen-bond acceptors (Lipinski definition) is 3. The lowest BCUT2D eigenvalue weighted by atomic mass is 10.1. The predicted octanol–water partition coefficient (Wildman–Crippen LogP) is 3.28. The highest BCUT2D eigenvalue weighted by molar-refractivity contribution is 5.40. The van der Waals surface area contributed by atoms with Gasteiger partial charge in [-0.25, -0.2) is 4.98 Å². The maximum Gasteiger partial charge on any atom is 0.320 e. The third-order valence-electron chi connectivity index (χ3n) is 3.16. The van der Waals surface area contributed by atoms with Gasteiger partial charge in [-0.1, -0.05) is 25.1 Å². The van der Waals surface area contributed by atoms with E-state index in [0.29, 0.717) is 6.54 Å². The van der Waals surface area contributed by atoms with Crippen molar-refractivity contribution in [2.24, 2.45) is 0 Å². The minimum atomic E-state index is -2.61. The first-order valence-corrected chi connectivity index (χ1v) is 6.85. The molecule has 114 valence electrons. The quantitative estimate of drug-likeness (QED) is 0.852. The van der Waals surface area contributed by atoms with Gasteiger partial charge >= 0.3 is 6.55 Å². The average molecular weight is 295 g/mol. The molecule has 1 aromatic carbocycles. The molecule has 0 spiro atoms. The van der Waals surface area contributed by atoms with Gasteiger partial charge in [0.15, 0.2) is 5.82 Å². The molecule has 1 aromatic heterocycles. The van der Waals surface area contributed by atoms with Crippen molar-refractivity contribution in [1.82, 2.24) is 14.9 Å². The molecule has 0 aliphatic rings. The van der Waals surface area contributed by atoms with E-state index < -0.39 is 6.55 Å². The van der Waals surface area contributed by atoms with Crippen LogP contribution in [0.2, 0.25) is 0 Å². The van der Waals surface area contributed by atoms with Crippen LogP contribution in [0, 0.1) is 6.92 Å². The summed E-state index contributed by atoms with van der Waals surface area (Å²) in [6, 6.07) is 5.85. The van der Waals surface area contributed by atoms with Gasteiger partial charge in [0.2, 0.25) is 0 Å². The summed E-state index contributed by atoms with van der Waals surface area (Å²) in [6.07, 6.45) is 2.60. The van der Waals surface area contributed by atoms with E-state index in [1.54, 1.807) is 0 Å². The number of benzene rings is 1. The number of halogens is 2. The van der Waals surface area contributed by atoms with Crippen LogP contribution in [-0.4, -0.2) is 16.1 Å². The molecule has 0 aliphatic heterocycles. The highest BCUT2D eigenvalue weighted by atomic mass is 19.3. The number of nitrogens with zero attached hydrogens (tertiary/aromatic N) is 2. The van der Waals surface area contributed by atoms with E-state index in [9.17, 15) is 8.78 Å². The molecule has 2 aromatic rings. The fourth-order valence-electron chi connectivity index (χ4n) is 2.09. The molecule has 1 N–H and O–H groups in total. The first-order valence-electron chi connectivity index (χ1n) is 6.85. The second-order valence-corrected chi connectivity index (χ2v) is 4.66. The zero-order chi connectivity index (χ0) is 15.2. The first kappa shape index (κ1) is 15.4. The Morgan fingerprint density at radius 1 is 1.38 bits per heavy atom. The summed E-state index contributed by atoms with van der Waals surface area (Å²) >= 11 is 0. The third kappa shape index (κ3) is 3.78. The Balaban J connectivity index is 2.13. The van der Waals surface area contributed by atoms with Gasteiger partial charge in [-0.2, -0.15) is 8.78 Å². The first-order chi connectivity index (χ1) is 10.1. The van der Waals surface area contributed by atoms with Gasteiger partial charge in [0, 0.05) is 24.5 Å². The molecule has 0 amide bonds. The molecule has 1 heterocycles. The van der Waals surface area contributed by atoms with Crippen molar-refractivity contribution >= 4 is 0 Å². The molecular weight excluding hydrogens is 276 g/mol. The smallest absolute Gasteiger partial charge is 0.320 e. The van der Waals surface area contributed by atoms with Crippen molar-refractivity contribution in [2.75, 3.05) is 6.54 Å². The summed E-state index contributed by atoms with van der Waals surface area (Å²) in [5, 5.41) is 3.23. The Kier molecular flexibility index (Phi) is 5.27. The summed E-state index contributed by atoms with van der Waals surface area (Å²) in [7, 11) is 0. The molecule has 0 unspecified atom stereocenters. The molecule has 0 radical (unpaired) electrons. The fourth-order valence-corrected chi connectivity index (χ4v) is 2.09. The number of ether oxygens (including phenoxy) is 1. The van der Waals surface area contributed by atoms with Gasteiger partial charge in [0.1, 0.15) is 12.4 Å². The molecule has 0 fully saturated rings. The van der Waals surface area contributed by atoms with E-state index >= 15 is 0 Å². The largest absolute Gasteiger partial charge is 0.485 e. The van der Waals surface area contributed by atoms with Gasteiger partial charge in [0.05, 0.1) is 0 Å². The van der Waals surface area contributed by atoms with Crippen molar-refractivity contribution < 1.29 is 13.5 Å². The molecule has 21 heavy (non-hydrogen) atoms. The van der Waals surface area contributed by atoms with Gasteiger partial charge in [0.25, 0.3) is 0 Å². The van der Waals surface area contributed by atoms with Crippen LogP contribution in [0.25, 0.3) is 0 Å². The molecular formula is C15H19F2N3O. The van der Waals surface area contributed by atoms with E-state index in [-0.39, 0.29) is 12.4 Å². The van der Waals surface area contributed by atoms with Gasteiger partial charge in [-0.05, 0) is 19.0 Å². The van der Waals surface area contributed by atoms with Crippen LogP contribution in [0.3, 0.4) is 0 Å². The molecule has 0 saturated heterocycles. The summed E-state index contributed by atoms with van der Waals surface area (Å²) < 4.78 is 32.1. The van der Waals surface area contributed by atoms with Gasteiger partial charge < -0.3 is 10.1 Å². The van der Waals surface area contributed by atoms with Crippen molar-refractivity contribution in [2.45, 2.75) is 33.5 Å². The minimum absolute atomic E-state index is 0.0152. The van der Waals surface area contributed by atoms with Crippen LogP contribution in [0.1, 0.15) is 30.4 Å². The molecule has 0 atom stereocenters. The van der Waals surface area contributed by atoms with E-state index in [1.807, 2.05) is 32.0 Å². The maximum absolute atomic E-state index is 12.8. The number of imidazole rings is 1. The zero-order valence-electron chi connectivity index (χ0n) is 12.1. The minimum Gasteiger partial charge on any atom is -0.485 e. The van der Waals surface area contributed by atoms with Crippen molar-refractivity contribution in [1.29, 1.82) is 0 Å². The molecule has 0 saturated carbocycles. The standard InChI is InChI=1S/C15H19F2N3O/c1-3-18-9-12-6-4-5-11(2)14(12)21-10-13-19-7-8-20(13)15(16)17/h4-8,15,18H,3,9-10H2,1-2H3. The highest BCUT2D eigenvalue weighted by Gasteiger charge is 2.13. The molecule has 4 nitrogen and oxygen atoms in total. The van der Waals surface area contributed by atoms with Gasteiger partial charge in [-0.15, -0.1) is 0 Å². The third-order valence-corrected chi connectivity index (χ3v) is 3.16. The topological polar surface area (TPSA) is 39.1 Å². The lowest BCUT2D eigenvalue weighted by Crippen LogP contribution is -2.14. The van der Waals surface area contributed by atoms with Crippen molar-refractivity contribution in [3.8, 4) is 5.75 Å². The number of hydrogen-bond donors (Lipinski definition) is 1. The van der Waals surface area contributed by atoms with Crippen LogP contribution in [-0.2, 0) is 13.2 Å². The lowest BCUT2D eigenvalue weighted by molar-refractivity contribution is 0.0632. The molecule has 2 rings (SSSR count). The van der Waals surface area contributed by atoms with Crippen LogP contribution in [0.5, 0.6) is 5.75 Å². The molecule has 0 aliphatic carbocycles. The number of aryl methyl sites for hydroxylation is 1. The summed E-state index contributed by atoms with van der Waals surface area (Å²) in [5.74, 6) is 0.935. The monoisotopic (exact) mass is 295 g/mol. The number of nitrogens with one attached hydrogen (secondary N) is 1. The summed E-state index contributed by atoms with van der Waals surface area (Å²) in [5.41, 5.74) is 1.98. The van der Waals surface area contributed by atoms with Crippen LogP contribution in [0.4, 0.5) is 8.78 Å². The Morgan fingerprint density at radius 3 is 2.90 bits per heavy atom. The summed E-state index contributed by atoms with van der Waals surface area (Å²) in [4.78, 5) is 3.92. The van der Waals surface area contributed by atoms with Gasteiger partial charge in [-0.3, -0.25) is 4.57 Å². The van der Waals surface area contributed by atoms with Crippen LogP contribution in [0.15, 0.2) is 30.6 Å². The second-order valence-electron chi connectivity index (χ2n) is 4.66. The van der Waals surface area contributed by atoms with Crippen LogP contribution < -0.4 is 10.1 Å². The Bertz CT molecular complexity index is 584. The van der Waals surface area contributed by atoms with E-state index in [0.717, 1.165) is 28.0 Å². The Labute approximate surface area is 122 Å². The fraction of sp³-hybridized carbons (Fsp3) is 0.400. The molecule has 6 heteroatoms. The zero-order valence-corrected chi connectivity index (χ0v) is 12.1. The number of aromatic nitrogens is 2. The van der Waals surface area contributed by atoms with E-state index in [1.165, 1.54) is 12.4 Å². The van der Waals surface area contributed by atoms with Crippen molar-refractivity contribution in [3.63, 3.8) is 0 Å². The second kappa shape index (κ2) is 7.17. The van der Waals surface area contributed by atoms with E-state index in [4.69, 9.17) is 4.74 Å². The average Bonchev–Trinajstić information content (AvgIpc) is 2.92. The molecule has 0 bridgehead atoms. The highest BCUT2D eigenvalue weighted by Crippen LogP contribution is 2.24. The normalized spacial score (nSPS) is 11.1. The lowest BCUT2D eigenvalue weighted by Gasteiger charge is -2.15. The maximum atomic E-state index is 12.8. The number of rotatable bonds is 7. The van der Waals surface area contributed by atoms with Crippen molar-refractivity contribution in [3.05, 3.63) is 47.5 Å². The predicted molar refractivity (Wildman–Crippen MR) is 76.4 cm³/mol. The number of alkyl halides is 2. The summed E-state index contributed by atoms with van der Waals surface area (Å²) in [6.45, 7) is 2.89. The van der Waals surface area contributed by atoms with Crippen LogP contribution >= 0.6 is 0 Å². The number of para-hydroxylation sites is 1. The SMILES string of the molecule is CCNCc1cccc(C)c1OCc1nccn1C(F)F. The van der Waals surface area contributed by atoms with E-state index in [2.05, 4.69) is 10.3 Å².